The Bertz CT molecular complexity index is 995. The molecule has 304 valence electrons. The van der Waals surface area contributed by atoms with Crippen LogP contribution >= 0.6 is 0 Å². The quantitative estimate of drug-likeness (QED) is 0.0372. The van der Waals surface area contributed by atoms with Gasteiger partial charge in [-0.1, -0.05) is 177 Å². The summed E-state index contributed by atoms with van der Waals surface area (Å²) in [7, 11) is 0. The highest BCUT2D eigenvalue weighted by molar-refractivity contribution is 5.80. The van der Waals surface area contributed by atoms with Crippen molar-refractivity contribution in [3.05, 3.63) is 60.8 Å². The van der Waals surface area contributed by atoms with E-state index in [1.807, 2.05) is 0 Å². The number of hydrogen-bond donors (Lipinski definition) is 2. The van der Waals surface area contributed by atoms with E-state index < -0.39 is 5.97 Å². The van der Waals surface area contributed by atoms with Gasteiger partial charge in [0.15, 0.2) is 0 Å². The summed E-state index contributed by atoms with van der Waals surface area (Å²) in [4.78, 5) is 35.0. The van der Waals surface area contributed by atoms with Crippen molar-refractivity contribution in [2.75, 3.05) is 6.54 Å². The van der Waals surface area contributed by atoms with Crippen LogP contribution < -0.4 is 5.32 Å². The molecule has 1 unspecified atom stereocenters. The molecule has 0 rings (SSSR count). The molecule has 0 aromatic heterocycles. The third-order valence-electron chi connectivity index (χ3n) is 9.45. The number of carboxylic acid groups (broad SMARTS) is 1. The first-order chi connectivity index (χ1) is 26.0. The minimum atomic E-state index is -1.02. The summed E-state index contributed by atoms with van der Waals surface area (Å²) in [5.41, 5.74) is 0. The largest absolute Gasteiger partial charge is 0.480 e. The summed E-state index contributed by atoms with van der Waals surface area (Å²) < 4.78 is 6.01. The molecule has 0 radical (unpaired) electrons. The third-order valence-corrected chi connectivity index (χ3v) is 9.45. The van der Waals surface area contributed by atoms with E-state index in [1.54, 1.807) is 0 Å². The van der Waals surface area contributed by atoms with Gasteiger partial charge in [0.05, 0.1) is 0 Å². The molecule has 6 nitrogen and oxygen atoms in total. The summed E-state index contributed by atoms with van der Waals surface area (Å²) in [5.74, 6) is -1.29. The van der Waals surface area contributed by atoms with Gasteiger partial charge in [-0.3, -0.25) is 14.4 Å². The summed E-state index contributed by atoms with van der Waals surface area (Å²) in [6.07, 6.45) is 54.9. The van der Waals surface area contributed by atoms with Crippen LogP contribution in [0.5, 0.6) is 0 Å². The summed E-state index contributed by atoms with van der Waals surface area (Å²) in [6, 6.07) is 0. The van der Waals surface area contributed by atoms with Crippen LogP contribution in [0.4, 0.5) is 0 Å². The monoisotopic (exact) mass is 740 g/mol. The Balaban J connectivity index is 4.28. The molecule has 53 heavy (non-hydrogen) atoms. The number of carbonyl (C=O) groups excluding carboxylic acids is 2. The van der Waals surface area contributed by atoms with E-state index in [1.165, 1.54) is 83.5 Å². The lowest BCUT2D eigenvalue weighted by Crippen LogP contribution is -2.28. The molecule has 2 N–H and O–H groups in total. The van der Waals surface area contributed by atoms with Crippen LogP contribution in [0.3, 0.4) is 0 Å². The first-order valence-electron chi connectivity index (χ1n) is 21.9. The molecule has 0 aromatic carbocycles. The predicted molar refractivity (Wildman–Crippen MR) is 226 cm³/mol. The van der Waals surface area contributed by atoms with E-state index in [9.17, 15) is 14.4 Å². The second kappa shape index (κ2) is 41.9. The van der Waals surface area contributed by atoms with E-state index in [0.717, 1.165) is 96.3 Å². The molecular weight excluding hydrogens is 659 g/mol. The number of carbonyl (C=O) groups is 3. The van der Waals surface area contributed by atoms with Gasteiger partial charge in [-0.2, -0.15) is 0 Å². The zero-order valence-electron chi connectivity index (χ0n) is 34.4. The maximum Gasteiger partial charge on any atom is 0.322 e. The Morgan fingerprint density at radius 2 is 0.925 bits per heavy atom. The summed E-state index contributed by atoms with van der Waals surface area (Å²) >= 11 is 0. The Morgan fingerprint density at radius 3 is 1.38 bits per heavy atom. The smallest absolute Gasteiger partial charge is 0.322 e. The summed E-state index contributed by atoms with van der Waals surface area (Å²) in [6.45, 7) is 4.11. The van der Waals surface area contributed by atoms with Crippen molar-refractivity contribution in [1.29, 1.82) is 0 Å². The molecule has 0 saturated carbocycles. The van der Waals surface area contributed by atoms with Gasteiger partial charge in [0.25, 0.3) is 0 Å². The van der Waals surface area contributed by atoms with Crippen molar-refractivity contribution >= 4 is 17.8 Å². The molecular formula is C47H81NO5. The van der Waals surface area contributed by atoms with Crippen molar-refractivity contribution < 1.29 is 24.2 Å². The van der Waals surface area contributed by atoms with Gasteiger partial charge in [-0.15, -0.1) is 0 Å². The van der Waals surface area contributed by atoms with Crippen molar-refractivity contribution in [2.24, 2.45) is 0 Å². The lowest BCUT2D eigenvalue weighted by molar-refractivity contribution is -0.150. The van der Waals surface area contributed by atoms with Crippen LogP contribution in [0, 0.1) is 0 Å². The molecule has 0 aliphatic rings. The van der Waals surface area contributed by atoms with Crippen molar-refractivity contribution in [3.8, 4) is 0 Å². The Labute approximate surface area is 326 Å². The lowest BCUT2D eigenvalue weighted by Gasteiger charge is -2.18. The number of aliphatic carboxylic acids is 1. The van der Waals surface area contributed by atoms with Gasteiger partial charge < -0.3 is 15.2 Å². The maximum absolute atomic E-state index is 12.7. The second-order valence-corrected chi connectivity index (χ2v) is 14.6. The van der Waals surface area contributed by atoms with E-state index in [4.69, 9.17) is 9.84 Å². The molecule has 0 spiro atoms. The standard InChI is InChI=1S/C47H81NO5/c1-3-5-7-9-11-13-15-17-19-20-21-23-25-27-29-34-38-42-47(52)53-44(40-36-32-30-33-37-41-45(49)48-43-46(50)51)39-35-31-28-26-24-22-18-16-14-12-10-8-6-4-2/h5,7,11,13,17,19,21,23,27,29,44H,3-4,6,8-10,12,14-16,18,20,22,24-26,28,30-43H2,1-2H3,(H,48,49)(H,50,51)/b7-5-,13-11-,19-17-,23-21-,29-27-. The number of rotatable bonds is 39. The van der Waals surface area contributed by atoms with Crippen LogP contribution in [0.25, 0.3) is 0 Å². The third kappa shape index (κ3) is 41.7. The van der Waals surface area contributed by atoms with Gasteiger partial charge in [0, 0.05) is 12.8 Å². The molecule has 0 aliphatic carbocycles. The molecule has 0 bridgehead atoms. The van der Waals surface area contributed by atoms with Gasteiger partial charge in [-0.05, 0) is 77.0 Å². The average Bonchev–Trinajstić information content (AvgIpc) is 3.14. The molecule has 0 heterocycles. The van der Waals surface area contributed by atoms with Gasteiger partial charge in [-0.25, -0.2) is 0 Å². The molecule has 0 aromatic rings. The summed E-state index contributed by atoms with van der Waals surface area (Å²) in [5, 5.41) is 11.1. The SMILES string of the molecule is CC/C=C\C/C=C\C/C=C\C/C=C\C/C=C\CCCC(=O)OC(CCCCCCCCCCCCCCCC)CCCCCCCC(=O)NCC(=O)O. The van der Waals surface area contributed by atoms with Crippen molar-refractivity contribution in [1.82, 2.24) is 5.32 Å². The minimum absolute atomic E-state index is 0.00433. The first-order valence-corrected chi connectivity index (χ1v) is 21.9. The van der Waals surface area contributed by atoms with Crippen LogP contribution in [0.15, 0.2) is 60.8 Å². The molecule has 0 aliphatic heterocycles. The van der Waals surface area contributed by atoms with Gasteiger partial charge in [0.1, 0.15) is 12.6 Å². The second-order valence-electron chi connectivity index (χ2n) is 14.6. The van der Waals surface area contributed by atoms with Crippen LogP contribution in [-0.2, 0) is 19.1 Å². The van der Waals surface area contributed by atoms with Crippen LogP contribution in [0.1, 0.15) is 206 Å². The number of unbranched alkanes of at least 4 members (excludes halogenated alkanes) is 18. The zero-order chi connectivity index (χ0) is 38.7. The average molecular weight is 740 g/mol. The van der Waals surface area contributed by atoms with Gasteiger partial charge in [0.2, 0.25) is 5.91 Å². The number of amides is 1. The molecule has 6 heteroatoms. The number of esters is 1. The highest BCUT2D eigenvalue weighted by atomic mass is 16.5. The lowest BCUT2D eigenvalue weighted by atomic mass is 10.0. The number of nitrogens with one attached hydrogen (secondary N) is 1. The van der Waals surface area contributed by atoms with E-state index in [2.05, 4.69) is 79.9 Å². The highest BCUT2D eigenvalue weighted by Crippen LogP contribution is 2.19. The molecule has 0 saturated heterocycles. The molecule has 1 amide bonds. The van der Waals surface area contributed by atoms with E-state index >= 15 is 0 Å². The topological polar surface area (TPSA) is 92.7 Å². The van der Waals surface area contributed by atoms with Crippen LogP contribution in [-0.4, -0.2) is 35.6 Å². The minimum Gasteiger partial charge on any atom is -0.480 e. The first kappa shape index (κ1) is 50.1. The molecule has 0 fully saturated rings. The fourth-order valence-electron chi connectivity index (χ4n) is 6.26. The van der Waals surface area contributed by atoms with Gasteiger partial charge >= 0.3 is 11.9 Å². The normalized spacial score (nSPS) is 12.6. The van der Waals surface area contributed by atoms with Crippen molar-refractivity contribution in [3.63, 3.8) is 0 Å². The molecule has 1 atom stereocenters. The zero-order valence-corrected chi connectivity index (χ0v) is 34.4. The Hall–Kier alpha value is -2.89. The highest BCUT2D eigenvalue weighted by Gasteiger charge is 2.14. The van der Waals surface area contributed by atoms with E-state index in [0.29, 0.717) is 12.8 Å². The Kier molecular flexibility index (Phi) is 39.6. The fourth-order valence-corrected chi connectivity index (χ4v) is 6.26. The number of ether oxygens (including phenoxy) is 1. The van der Waals surface area contributed by atoms with Crippen LogP contribution in [0.2, 0.25) is 0 Å². The predicted octanol–water partition coefficient (Wildman–Crippen LogP) is 13.6. The number of allylic oxidation sites excluding steroid dienone is 10. The van der Waals surface area contributed by atoms with E-state index in [-0.39, 0.29) is 24.5 Å². The Morgan fingerprint density at radius 1 is 0.509 bits per heavy atom. The van der Waals surface area contributed by atoms with Crippen molar-refractivity contribution in [2.45, 2.75) is 213 Å². The fraction of sp³-hybridized carbons (Fsp3) is 0.723. The number of hydrogen-bond acceptors (Lipinski definition) is 4. The maximum atomic E-state index is 12.7. The number of carboxylic acids is 1.